The highest BCUT2D eigenvalue weighted by atomic mass is 35.5. The summed E-state index contributed by atoms with van der Waals surface area (Å²) in [4.78, 5) is 0.793. The van der Waals surface area contributed by atoms with Crippen LogP contribution in [0.2, 0.25) is 5.02 Å². The fraction of sp³-hybridized carbons (Fsp3) is 0.538. The van der Waals surface area contributed by atoms with Gasteiger partial charge in [-0.2, -0.15) is 0 Å². The lowest BCUT2D eigenvalue weighted by molar-refractivity contribution is 0.179. The summed E-state index contributed by atoms with van der Waals surface area (Å²) in [6, 6.07) is 7.49. The number of halogens is 1. The number of nitrogens with one attached hydrogen (secondary N) is 1. The van der Waals surface area contributed by atoms with Crippen molar-refractivity contribution in [3.63, 3.8) is 0 Å². The fourth-order valence-corrected chi connectivity index (χ4v) is 3.89. The fourth-order valence-electron chi connectivity index (χ4n) is 2.19. The van der Waals surface area contributed by atoms with Crippen molar-refractivity contribution in [1.29, 1.82) is 0 Å². The molecule has 1 N–H and O–H groups in total. The van der Waals surface area contributed by atoms with Crippen LogP contribution in [0.1, 0.15) is 6.42 Å². The zero-order valence-electron chi connectivity index (χ0n) is 10.4. The van der Waals surface area contributed by atoms with E-state index in [9.17, 15) is 4.21 Å². The van der Waals surface area contributed by atoms with Crippen LogP contribution in [0.15, 0.2) is 29.2 Å². The first-order valence-corrected chi connectivity index (χ1v) is 7.79. The Bertz CT molecular complexity index is 421. The minimum Gasteiger partial charge on any atom is -0.381 e. The summed E-state index contributed by atoms with van der Waals surface area (Å²) in [5.41, 5.74) is 0. The van der Waals surface area contributed by atoms with Crippen molar-refractivity contribution in [3.05, 3.63) is 29.3 Å². The summed E-state index contributed by atoms with van der Waals surface area (Å²) in [7, 11) is 0.893. The van der Waals surface area contributed by atoms with Crippen molar-refractivity contribution < 1.29 is 8.95 Å². The van der Waals surface area contributed by atoms with E-state index in [1.54, 1.807) is 12.1 Å². The summed E-state index contributed by atoms with van der Waals surface area (Å²) in [5.74, 6) is 1.06. The third-order valence-corrected chi connectivity index (χ3v) is 4.97. The second kappa shape index (κ2) is 6.66. The molecule has 18 heavy (non-hydrogen) atoms. The molecule has 2 rings (SSSR count). The van der Waals surface area contributed by atoms with Gasteiger partial charge >= 0.3 is 0 Å². The van der Waals surface area contributed by atoms with Gasteiger partial charge in [0.1, 0.15) is 0 Å². The summed E-state index contributed by atoms with van der Waals surface area (Å²) >= 11 is 5.92. The van der Waals surface area contributed by atoms with Gasteiger partial charge in [-0.05, 0) is 31.7 Å². The van der Waals surface area contributed by atoms with Crippen molar-refractivity contribution in [3.8, 4) is 0 Å². The predicted molar refractivity (Wildman–Crippen MR) is 74.5 cm³/mol. The van der Waals surface area contributed by atoms with Gasteiger partial charge in [-0.1, -0.05) is 17.7 Å². The maximum atomic E-state index is 12.3. The highest BCUT2D eigenvalue weighted by Gasteiger charge is 2.26. The molecule has 1 aromatic rings. The monoisotopic (exact) mass is 287 g/mol. The molecule has 0 aliphatic carbocycles. The molecule has 1 aliphatic rings. The molecule has 1 aliphatic heterocycles. The third kappa shape index (κ3) is 3.54. The summed E-state index contributed by atoms with van der Waals surface area (Å²) in [6.07, 6.45) is 1.04. The number of benzene rings is 1. The quantitative estimate of drug-likeness (QED) is 0.901. The predicted octanol–water partition coefficient (Wildman–Crippen LogP) is 2.07. The number of hydrogen-bond acceptors (Lipinski definition) is 3. The Hall–Kier alpha value is -0.420. The first-order valence-electron chi connectivity index (χ1n) is 6.09. The van der Waals surface area contributed by atoms with Gasteiger partial charge in [0.15, 0.2) is 0 Å². The van der Waals surface area contributed by atoms with Crippen LogP contribution in [0.25, 0.3) is 0 Å². The zero-order chi connectivity index (χ0) is 13.0. The Morgan fingerprint density at radius 1 is 1.61 bits per heavy atom. The Kier molecular flexibility index (Phi) is 5.18. The van der Waals surface area contributed by atoms with Crippen LogP contribution in [-0.4, -0.2) is 36.3 Å². The molecule has 1 fully saturated rings. The van der Waals surface area contributed by atoms with Gasteiger partial charge in [0.25, 0.3) is 0 Å². The molecule has 0 amide bonds. The van der Waals surface area contributed by atoms with Crippen molar-refractivity contribution in [2.75, 3.05) is 26.0 Å². The van der Waals surface area contributed by atoms with Crippen LogP contribution < -0.4 is 5.32 Å². The molecule has 0 spiro atoms. The molecule has 0 radical (unpaired) electrons. The average Bonchev–Trinajstić information content (AvgIpc) is 2.89. The molecule has 3 unspecified atom stereocenters. The summed E-state index contributed by atoms with van der Waals surface area (Å²) < 4.78 is 17.7. The van der Waals surface area contributed by atoms with E-state index >= 15 is 0 Å². The SMILES string of the molecule is CNC(CS(=O)c1cccc(Cl)c1)C1CCOC1. The van der Waals surface area contributed by atoms with Crippen LogP contribution in [-0.2, 0) is 15.5 Å². The third-order valence-electron chi connectivity index (χ3n) is 3.29. The lowest BCUT2D eigenvalue weighted by Crippen LogP contribution is -2.38. The number of hydrogen-bond donors (Lipinski definition) is 1. The number of rotatable bonds is 5. The summed E-state index contributed by atoms with van der Waals surface area (Å²) in [5, 5.41) is 3.88. The normalized spacial score (nSPS) is 22.9. The second-order valence-corrected chi connectivity index (χ2v) is 6.42. The minimum atomic E-state index is -1.02. The van der Waals surface area contributed by atoms with Gasteiger partial charge in [0, 0.05) is 34.2 Å². The lowest BCUT2D eigenvalue weighted by atomic mass is 10.0. The van der Waals surface area contributed by atoms with Crippen molar-refractivity contribution in [2.24, 2.45) is 5.92 Å². The first kappa shape index (κ1) is 14.0. The lowest BCUT2D eigenvalue weighted by Gasteiger charge is -2.21. The molecule has 1 aromatic carbocycles. The van der Waals surface area contributed by atoms with Gasteiger partial charge in [-0.15, -0.1) is 0 Å². The molecule has 5 heteroatoms. The van der Waals surface area contributed by atoms with Gasteiger partial charge in [-0.3, -0.25) is 4.21 Å². The molecule has 0 aromatic heterocycles. The Morgan fingerprint density at radius 3 is 3.06 bits per heavy atom. The van der Waals surface area contributed by atoms with Gasteiger partial charge in [-0.25, -0.2) is 0 Å². The Labute approximate surface area is 115 Å². The second-order valence-electron chi connectivity index (χ2n) is 4.49. The minimum absolute atomic E-state index is 0.229. The van der Waals surface area contributed by atoms with E-state index in [1.165, 1.54) is 0 Å². The van der Waals surface area contributed by atoms with Gasteiger partial charge in [0.05, 0.1) is 17.4 Å². The Balaban J connectivity index is 2.00. The van der Waals surface area contributed by atoms with Crippen molar-refractivity contribution in [2.45, 2.75) is 17.4 Å². The van der Waals surface area contributed by atoms with E-state index in [4.69, 9.17) is 16.3 Å². The van der Waals surface area contributed by atoms with E-state index in [2.05, 4.69) is 5.32 Å². The number of ether oxygens (including phenoxy) is 1. The van der Waals surface area contributed by atoms with Crippen molar-refractivity contribution in [1.82, 2.24) is 5.32 Å². The maximum absolute atomic E-state index is 12.3. The molecule has 1 saturated heterocycles. The molecule has 3 atom stereocenters. The average molecular weight is 288 g/mol. The van der Waals surface area contributed by atoms with Crippen LogP contribution in [0.3, 0.4) is 0 Å². The molecule has 1 heterocycles. The molecule has 0 saturated carbocycles. The standard InChI is InChI=1S/C13H18ClNO2S/c1-15-13(10-5-6-17-8-10)9-18(16)12-4-2-3-11(14)7-12/h2-4,7,10,13,15H,5-6,8-9H2,1H3. The van der Waals surface area contributed by atoms with E-state index in [-0.39, 0.29) is 6.04 Å². The zero-order valence-corrected chi connectivity index (χ0v) is 12.0. The van der Waals surface area contributed by atoms with Crippen LogP contribution >= 0.6 is 11.6 Å². The highest BCUT2D eigenvalue weighted by molar-refractivity contribution is 7.85. The van der Waals surface area contributed by atoms with Gasteiger partial charge < -0.3 is 10.1 Å². The summed E-state index contributed by atoms with van der Waals surface area (Å²) in [6.45, 7) is 1.57. The Morgan fingerprint density at radius 2 is 2.44 bits per heavy atom. The maximum Gasteiger partial charge on any atom is 0.0545 e. The smallest absolute Gasteiger partial charge is 0.0545 e. The molecule has 100 valence electrons. The van der Waals surface area contributed by atoms with E-state index in [0.717, 1.165) is 24.5 Å². The molecular formula is C13H18ClNO2S. The largest absolute Gasteiger partial charge is 0.381 e. The molecular weight excluding hydrogens is 270 g/mol. The highest BCUT2D eigenvalue weighted by Crippen LogP contribution is 2.20. The van der Waals surface area contributed by atoms with Crippen LogP contribution in [0.4, 0.5) is 0 Å². The van der Waals surface area contributed by atoms with Crippen LogP contribution in [0.5, 0.6) is 0 Å². The van der Waals surface area contributed by atoms with Gasteiger partial charge in [0.2, 0.25) is 0 Å². The van der Waals surface area contributed by atoms with Crippen LogP contribution in [0, 0.1) is 5.92 Å². The van der Waals surface area contributed by atoms with Crippen molar-refractivity contribution >= 4 is 22.4 Å². The first-order chi connectivity index (χ1) is 8.70. The van der Waals surface area contributed by atoms with E-state index < -0.39 is 10.8 Å². The van der Waals surface area contributed by atoms with E-state index in [1.807, 2.05) is 19.2 Å². The van der Waals surface area contributed by atoms with E-state index in [0.29, 0.717) is 16.7 Å². The molecule has 3 nitrogen and oxygen atoms in total. The molecule has 0 bridgehead atoms. The topological polar surface area (TPSA) is 38.3 Å².